The molecular formula is C21H32F2O2. The summed E-state index contributed by atoms with van der Waals surface area (Å²) in [6.07, 6.45) is 12.8. The molecule has 2 aliphatic carbocycles. The molecule has 0 bridgehead atoms. The zero-order chi connectivity index (χ0) is 17.6. The molecular weight excluding hydrogens is 322 g/mol. The van der Waals surface area contributed by atoms with Crippen LogP contribution in [0.15, 0.2) is 24.3 Å². The van der Waals surface area contributed by atoms with Crippen LogP contribution in [-0.4, -0.2) is 19.5 Å². The molecule has 3 rings (SSSR count). The van der Waals surface area contributed by atoms with Gasteiger partial charge in [-0.25, -0.2) is 0 Å². The van der Waals surface area contributed by atoms with Crippen molar-refractivity contribution in [3.05, 3.63) is 24.3 Å². The first-order valence-corrected chi connectivity index (χ1v) is 10.0. The Morgan fingerprint density at radius 3 is 1.80 bits per heavy atom. The van der Waals surface area contributed by atoms with Gasteiger partial charge in [0.25, 0.3) is 6.08 Å². The topological polar surface area (TPSA) is 18.5 Å². The zero-order valence-electron chi connectivity index (χ0n) is 15.3. The lowest BCUT2D eigenvalue weighted by molar-refractivity contribution is -0.223. The fourth-order valence-corrected chi connectivity index (χ4v) is 5.04. The van der Waals surface area contributed by atoms with Gasteiger partial charge in [0.05, 0.1) is 13.2 Å². The molecule has 1 saturated heterocycles. The monoisotopic (exact) mass is 354 g/mol. The predicted molar refractivity (Wildman–Crippen MR) is 95.2 cm³/mol. The van der Waals surface area contributed by atoms with E-state index >= 15 is 0 Å². The summed E-state index contributed by atoms with van der Waals surface area (Å²) in [6, 6.07) is 0. The Morgan fingerprint density at radius 1 is 0.760 bits per heavy atom. The molecule has 1 heterocycles. The van der Waals surface area contributed by atoms with Gasteiger partial charge in [0, 0.05) is 11.8 Å². The molecule has 25 heavy (non-hydrogen) atoms. The summed E-state index contributed by atoms with van der Waals surface area (Å²) in [4.78, 5) is 0. The first kappa shape index (κ1) is 19.0. The van der Waals surface area contributed by atoms with Gasteiger partial charge in [-0.1, -0.05) is 12.2 Å². The van der Waals surface area contributed by atoms with Gasteiger partial charge in [0.1, 0.15) is 0 Å². The zero-order valence-corrected chi connectivity index (χ0v) is 15.3. The molecule has 0 aromatic rings. The van der Waals surface area contributed by atoms with E-state index in [0.717, 1.165) is 50.7 Å². The highest BCUT2D eigenvalue weighted by molar-refractivity contribution is 4.93. The second-order valence-corrected chi connectivity index (χ2v) is 8.13. The van der Waals surface area contributed by atoms with E-state index in [1.54, 1.807) is 0 Å². The minimum Gasteiger partial charge on any atom is -0.352 e. The number of hydrogen-bond donors (Lipinski definition) is 0. The Bertz CT molecular complexity index is 449. The molecule has 0 atom stereocenters. The quantitative estimate of drug-likeness (QED) is 0.581. The van der Waals surface area contributed by atoms with Crippen LogP contribution in [0.2, 0.25) is 0 Å². The van der Waals surface area contributed by atoms with Crippen molar-refractivity contribution in [3.8, 4) is 0 Å². The first-order valence-electron chi connectivity index (χ1n) is 10.0. The molecule has 0 unspecified atom stereocenters. The molecule has 142 valence electrons. The lowest BCUT2D eigenvalue weighted by Gasteiger charge is -2.40. The Kier molecular flexibility index (Phi) is 7.06. The minimum atomic E-state index is -1.51. The van der Waals surface area contributed by atoms with Crippen molar-refractivity contribution >= 4 is 0 Å². The summed E-state index contributed by atoms with van der Waals surface area (Å²) in [5, 5.41) is 0. The highest BCUT2D eigenvalue weighted by atomic mass is 19.3. The maximum atomic E-state index is 12.4. The standard InChI is InChI=1S/C21H32F2O2/c1-2-3-16-13-24-21(25-14-16)19-10-8-18(9-11-19)17-6-4-15(5-7-17)12-20(22)23/h2-3,12,15-19,21H,4-11,13-14H2,1H3/b3-2+. The Labute approximate surface area is 150 Å². The van der Waals surface area contributed by atoms with Crippen molar-refractivity contribution in [1.82, 2.24) is 0 Å². The molecule has 3 aliphatic rings. The van der Waals surface area contributed by atoms with Crippen molar-refractivity contribution in [2.45, 2.75) is 64.6 Å². The van der Waals surface area contributed by atoms with Crippen LogP contribution in [0.25, 0.3) is 0 Å². The van der Waals surface area contributed by atoms with Crippen LogP contribution in [0.4, 0.5) is 8.78 Å². The van der Waals surface area contributed by atoms with Gasteiger partial charge < -0.3 is 9.47 Å². The van der Waals surface area contributed by atoms with Crippen LogP contribution in [0.5, 0.6) is 0 Å². The normalized spacial score (nSPS) is 40.1. The van der Waals surface area contributed by atoms with Crippen molar-refractivity contribution < 1.29 is 18.3 Å². The van der Waals surface area contributed by atoms with Crippen LogP contribution < -0.4 is 0 Å². The summed E-state index contributed by atoms with van der Waals surface area (Å²) < 4.78 is 36.7. The van der Waals surface area contributed by atoms with Crippen molar-refractivity contribution in [2.24, 2.45) is 29.6 Å². The molecule has 4 heteroatoms. The van der Waals surface area contributed by atoms with E-state index in [1.807, 2.05) is 6.92 Å². The number of halogens is 2. The smallest absolute Gasteiger partial charge is 0.266 e. The molecule has 0 N–H and O–H groups in total. The number of hydrogen-bond acceptors (Lipinski definition) is 2. The van der Waals surface area contributed by atoms with Crippen LogP contribution in [0, 0.1) is 29.6 Å². The highest BCUT2D eigenvalue weighted by Crippen LogP contribution is 2.43. The van der Waals surface area contributed by atoms with Gasteiger partial charge in [-0.05, 0) is 82.1 Å². The fourth-order valence-electron chi connectivity index (χ4n) is 5.04. The fraction of sp³-hybridized carbons (Fsp3) is 0.810. The maximum absolute atomic E-state index is 12.4. The molecule has 0 aromatic heterocycles. The van der Waals surface area contributed by atoms with Crippen LogP contribution in [0.3, 0.4) is 0 Å². The van der Waals surface area contributed by atoms with Gasteiger partial charge >= 0.3 is 0 Å². The predicted octanol–water partition coefficient (Wildman–Crippen LogP) is 5.94. The summed E-state index contributed by atoms with van der Waals surface area (Å²) in [5.74, 6) is 2.54. The molecule has 3 fully saturated rings. The van der Waals surface area contributed by atoms with Crippen LogP contribution >= 0.6 is 0 Å². The van der Waals surface area contributed by atoms with Gasteiger partial charge in [-0.15, -0.1) is 0 Å². The summed E-state index contributed by atoms with van der Waals surface area (Å²) in [6.45, 7) is 3.58. The lowest BCUT2D eigenvalue weighted by atomic mass is 9.69. The van der Waals surface area contributed by atoms with Gasteiger partial charge in [-0.2, -0.15) is 8.78 Å². The third kappa shape index (κ3) is 5.37. The number of allylic oxidation sites excluding steroid dienone is 2. The largest absolute Gasteiger partial charge is 0.352 e. The van der Waals surface area contributed by atoms with Crippen LogP contribution in [-0.2, 0) is 9.47 Å². The van der Waals surface area contributed by atoms with Gasteiger partial charge in [0.2, 0.25) is 0 Å². The van der Waals surface area contributed by atoms with E-state index in [9.17, 15) is 8.78 Å². The summed E-state index contributed by atoms with van der Waals surface area (Å²) in [7, 11) is 0. The van der Waals surface area contributed by atoms with Gasteiger partial charge in [0.15, 0.2) is 6.29 Å². The van der Waals surface area contributed by atoms with E-state index in [2.05, 4.69) is 12.2 Å². The summed E-state index contributed by atoms with van der Waals surface area (Å²) in [5.41, 5.74) is 0. The maximum Gasteiger partial charge on any atom is 0.266 e. The van der Waals surface area contributed by atoms with E-state index in [0.29, 0.717) is 11.8 Å². The third-order valence-corrected chi connectivity index (χ3v) is 6.46. The molecule has 0 spiro atoms. The molecule has 0 radical (unpaired) electrons. The van der Waals surface area contributed by atoms with E-state index < -0.39 is 6.08 Å². The van der Waals surface area contributed by atoms with Crippen LogP contribution in [0.1, 0.15) is 58.3 Å². The molecule has 1 aliphatic heterocycles. The van der Waals surface area contributed by atoms with E-state index in [4.69, 9.17) is 9.47 Å². The third-order valence-electron chi connectivity index (χ3n) is 6.46. The Hall–Kier alpha value is -0.740. The summed E-state index contributed by atoms with van der Waals surface area (Å²) >= 11 is 0. The molecule has 2 nitrogen and oxygen atoms in total. The number of ether oxygens (including phenoxy) is 2. The second kappa shape index (κ2) is 9.27. The lowest BCUT2D eigenvalue weighted by Crippen LogP contribution is -2.38. The average molecular weight is 354 g/mol. The molecule has 0 amide bonds. The average Bonchev–Trinajstić information content (AvgIpc) is 2.63. The minimum absolute atomic E-state index is 0.0177. The number of rotatable bonds is 4. The Morgan fingerprint density at radius 2 is 1.28 bits per heavy atom. The molecule has 2 saturated carbocycles. The first-order chi connectivity index (χ1) is 12.2. The van der Waals surface area contributed by atoms with E-state index in [-0.39, 0.29) is 12.2 Å². The van der Waals surface area contributed by atoms with Crippen molar-refractivity contribution in [3.63, 3.8) is 0 Å². The molecule has 0 aromatic carbocycles. The SMILES string of the molecule is C/C=C/C1COC(C2CCC(C3CCC(C=C(F)F)CC3)CC2)OC1. The van der Waals surface area contributed by atoms with Crippen molar-refractivity contribution in [2.75, 3.05) is 13.2 Å². The van der Waals surface area contributed by atoms with Crippen molar-refractivity contribution in [1.29, 1.82) is 0 Å². The van der Waals surface area contributed by atoms with E-state index in [1.165, 1.54) is 31.8 Å². The van der Waals surface area contributed by atoms with Gasteiger partial charge in [-0.3, -0.25) is 0 Å². The second-order valence-electron chi connectivity index (χ2n) is 8.13. The highest BCUT2D eigenvalue weighted by Gasteiger charge is 2.35. The Balaban J connectivity index is 1.39.